The van der Waals surface area contributed by atoms with Gasteiger partial charge in [-0.3, -0.25) is 0 Å². The monoisotopic (exact) mass is 556 g/mol. The summed E-state index contributed by atoms with van der Waals surface area (Å²) in [5.41, 5.74) is 18.7. The summed E-state index contributed by atoms with van der Waals surface area (Å²) in [6.45, 7) is 0. The number of benzene rings is 3. The summed E-state index contributed by atoms with van der Waals surface area (Å²) in [7, 11) is 0. The summed E-state index contributed by atoms with van der Waals surface area (Å²) in [4.78, 5) is 20.9. The van der Waals surface area contributed by atoms with Gasteiger partial charge >= 0.3 is 12.1 Å². The number of ether oxygens (including phenoxy) is 2. The van der Waals surface area contributed by atoms with E-state index in [4.69, 9.17) is 20.9 Å². The van der Waals surface area contributed by atoms with Crippen LogP contribution in [0.2, 0.25) is 0 Å². The minimum absolute atomic E-state index is 0.352. The van der Waals surface area contributed by atoms with E-state index >= 15 is 0 Å². The molecule has 6 N–H and O–H groups in total. The number of primary amides is 2. The lowest BCUT2D eigenvalue weighted by atomic mass is 9.98. The van der Waals surface area contributed by atoms with Crippen molar-refractivity contribution in [3.8, 4) is 17.2 Å². The SMILES string of the molecule is NC(=O)NN=Cc1ccc(OC2CCCCC2)cc1.NC(=O)NN=Cc1ccc(Oc2ccc3c(c2)CCC3)cc1. The van der Waals surface area contributed by atoms with Gasteiger partial charge < -0.3 is 20.9 Å². The minimum Gasteiger partial charge on any atom is -0.490 e. The average Bonchev–Trinajstić information content (AvgIpc) is 3.44. The molecular formula is C31H36N6O4. The molecule has 0 bridgehead atoms. The van der Waals surface area contributed by atoms with Gasteiger partial charge in [0.1, 0.15) is 17.2 Å². The van der Waals surface area contributed by atoms with Gasteiger partial charge in [-0.1, -0.05) is 12.5 Å². The van der Waals surface area contributed by atoms with Crippen molar-refractivity contribution in [2.45, 2.75) is 57.5 Å². The zero-order valence-corrected chi connectivity index (χ0v) is 22.9. The molecule has 4 amide bonds. The lowest BCUT2D eigenvalue weighted by molar-refractivity contribution is 0.155. The van der Waals surface area contributed by atoms with Crippen LogP contribution in [0.3, 0.4) is 0 Å². The fourth-order valence-corrected chi connectivity index (χ4v) is 4.72. The van der Waals surface area contributed by atoms with E-state index < -0.39 is 12.1 Å². The first kappa shape index (κ1) is 29.1. The molecule has 0 atom stereocenters. The number of aryl methyl sites for hydroxylation is 2. The molecule has 0 radical (unpaired) electrons. The van der Waals surface area contributed by atoms with Crippen molar-refractivity contribution >= 4 is 24.5 Å². The Bertz CT molecular complexity index is 1350. The predicted octanol–water partition coefficient (Wildman–Crippen LogP) is 5.37. The summed E-state index contributed by atoms with van der Waals surface area (Å²) in [5, 5.41) is 7.40. The molecule has 1 saturated carbocycles. The van der Waals surface area contributed by atoms with Crippen LogP contribution in [-0.4, -0.2) is 30.6 Å². The van der Waals surface area contributed by atoms with Gasteiger partial charge in [0.2, 0.25) is 0 Å². The third kappa shape index (κ3) is 9.99. The fourth-order valence-electron chi connectivity index (χ4n) is 4.72. The maximum absolute atomic E-state index is 10.5. The van der Waals surface area contributed by atoms with Gasteiger partial charge in [0.05, 0.1) is 18.5 Å². The Morgan fingerprint density at radius 2 is 1.22 bits per heavy atom. The smallest absolute Gasteiger partial charge is 0.332 e. The highest BCUT2D eigenvalue weighted by atomic mass is 16.5. The highest BCUT2D eigenvalue weighted by Gasteiger charge is 2.14. The second-order valence-electron chi connectivity index (χ2n) is 9.87. The van der Waals surface area contributed by atoms with Gasteiger partial charge in [0.15, 0.2) is 0 Å². The van der Waals surface area contributed by atoms with Crippen LogP contribution >= 0.6 is 0 Å². The van der Waals surface area contributed by atoms with Crippen LogP contribution in [0.1, 0.15) is 60.8 Å². The molecule has 0 heterocycles. The van der Waals surface area contributed by atoms with Crippen LogP contribution in [0.5, 0.6) is 17.2 Å². The number of carbonyl (C=O) groups excluding carboxylic acids is 2. The third-order valence-corrected chi connectivity index (χ3v) is 6.70. The zero-order valence-electron chi connectivity index (χ0n) is 22.9. The first-order valence-electron chi connectivity index (χ1n) is 13.8. The number of hydrazone groups is 2. The molecule has 2 aliphatic rings. The van der Waals surface area contributed by atoms with Crippen LogP contribution in [0.15, 0.2) is 76.9 Å². The highest BCUT2D eigenvalue weighted by molar-refractivity contribution is 5.82. The van der Waals surface area contributed by atoms with Crippen molar-refractivity contribution in [2.75, 3.05) is 0 Å². The number of carbonyl (C=O) groups is 2. The quantitative estimate of drug-likeness (QED) is 0.218. The number of fused-ring (bicyclic) bond motifs is 1. The number of nitrogens with two attached hydrogens (primary N) is 2. The Morgan fingerprint density at radius 1 is 0.683 bits per heavy atom. The topological polar surface area (TPSA) is 153 Å². The lowest BCUT2D eigenvalue weighted by Gasteiger charge is -2.22. The predicted molar refractivity (Wildman–Crippen MR) is 160 cm³/mol. The highest BCUT2D eigenvalue weighted by Crippen LogP contribution is 2.29. The second kappa shape index (κ2) is 15.1. The van der Waals surface area contributed by atoms with Crippen LogP contribution in [0.4, 0.5) is 9.59 Å². The van der Waals surface area contributed by atoms with E-state index in [1.807, 2.05) is 54.6 Å². The molecule has 10 heteroatoms. The van der Waals surface area contributed by atoms with Crippen LogP contribution in [0.25, 0.3) is 0 Å². The number of nitrogens with one attached hydrogen (secondary N) is 2. The molecule has 0 aromatic heterocycles. The first-order valence-corrected chi connectivity index (χ1v) is 13.8. The molecule has 10 nitrogen and oxygen atoms in total. The number of hydrogen-bond donors (Lipinski definition) is 4. The van der Waals surface area contributed by atoms with Crippen LogP contribution in [-0.2, 0) is 12.8 Å². The Hall–Kier alpha value is -4.86. The van der Waals surface area contributed by atoms with E-state index in [2.05, 4.69) is 33.2 Å². The molecule has 0 aliphatic heterocycles. The fraction of sp³-hybridized carbons (Fsp3) is 0.290. The minimum atomic E-state index is -0.687. The Labute approximate surface area is 239 Å². The molecule has 214 valence electrons. The van der Waals surface area contributed by atoms with Crippen molar-refractivity contribution in [2.24, 2.45) is 21.7 Å². The molecule has 41 heavy (non-hydrogen) atoms. The van der Waals surface area contributed by atoms with Crippen molar-refractivity contribution in [3.05, 3.63) is 89.0 Å². The zero-order chi connectivity index (χ0) is 28.9. The lowest BCUT2D eigenvalue weighted by Crippen LogP contribution is -2.24. The molecule has 0 saturated heterocycles. The Morgan fingerprint density at radius 3 is 1.80 bits per heavy atom. The number of urea groups is 2. The number of rotatable bonds is 8. The molecule has 1 fully saturated rings. The molecule has 2 aliphatic carbocycles. The van der Waals surface area contributed by atoms with Crippen molar-refractivity contribution < 1.29 is 19.1 Å². The van der Waals surface area contributed by atoms with Gasteiger partial charge in [-0.2, -0.15) is 10.2 Å². The summed E-state index contributed by atoms with van der Waals surface area (Å²) in [6, 6.07) is 20.0. The standard InChI is InChI=1S/C17H17N3O2.C14H19N3O2/c18-17(21)20-19-11-12-4-7-15(8-5-12)22-16-9-6-13-2-1-3-14(13)10-16;15-14(18)17-16-10-11-6-8-13(9-7-11)19-12-4-2-1-3-5-12/h4-11H,1-3H2,(H3,18,20,21);6-10,12H,1-5H2,(H3,15,17,18). The van der Waals surface area contributed by atoms with Gasteiger partial charge in [0, 0.05) is 0 Å². The van der Waals surface area contributed by atoms with E-state index in [1.54, 1.807) is 0 Å². The molecule has 0 spiro atoms. The van der Waals surface area contributed by atoms with E-state index in [0.29, 0.717) is 6.10 Å². The number of amides is 4. The maximum Gasteiger partial charge on any atom is 0.332 e. The van der Waals surface area contributed by atoms with Crippen LogP contribution in [0, 0.1) is 0 Å². The van der Waals surface area contributed by atoms with Crippen molar-refractivity contribution in [1.29, 1.82) is 0 Å². The number of hydrogen-bond acceptors (Lipinski definition) is 6. The third-order valence-electron chi connectivity index (χ3n) is 6.70. The Balaban J connectivity index is 0.000000191. The first-order chi connectivity index (χ1) is 19.9. The van der Waals surface area contributed by atoms with E-state index in [9.17, 15) is 9.59 Å². The van der Waals surface area contributed by atoms with E-state index in [1.165, 1.54) is 55.7 Å². The van der Waals surface area contributed by atoms with Gasteiger partial charge in [-0.25, -0.2) is 20.4 Å². The summed E-state index contributed by atoms with van der Waals surface area (Å²) < 4.78 is 11.8. The molecule has 5 rings (SSSR count). The van der Waals surface area contributed by atoms with E-state index in [-0.39, 0.29) is 0 Å². The summed E-state index contributed by atoms with van der Waals surface area (Å²) >= 11 is 0. The molecule has 3 aromatic rings. The Kier molecular flexibility index (Phi) is 10.7. The summed E-state index contributed by atoms with van der Waals surface area (Å²) in [6.07, 6.45) is 13.1. The normalized spacial score (nSPS) is 14.6. The van der Waals surface area contributed by atoms with Crippen molar-refractivity contribution in [3.63, 3.8) is 0 Å². The van der Waals surface area contributed by atoms with Gasteiger partial charge in [-0.15, -0.1) is 0 Å². The van der Waals surface area contributed by atoms with Gasteiger partial charge in [-0.05, 0) is 128 Å². The average molecular weight is 557 g/mol. The molecular weight excluding hydrogens is 520 g/mol. The molecule has 3 aromatic carbocycles. The molecule has 0 unspecified atom stereocenters. The largest absolute Gasteiger partial charge is 0.490 e. The van der Waals surface area contributed by atoms with Crippen LogP contribution < -0.4 is 31.8 Å². The number of nitrogens with zero attached hydrogens (tertiary/aromatic N) is 2. The van der Waals surface area contributed by atoms with Crippen molar-refractivity contribution in [1.82, 2.24) is 10.9 Å². The summed E-state index contributed by atoms with van der Waals surface area (Å²) in [5.74, 6) is 2.50. The van der Waals surface area contributed by atoms with Gasteiger partial charge in [0.25, 0.3) is 0 Å². The maximum atomic E-state index is 10.5. The van der Waals surface area contributed by atoms with E-state index in [0.717, 1.165) is 47.6 Å². The second-order valence-corrected chi connectivity index (χ2v) is 9.87.